The highest BCUT2D eigenvalue weighted by atomic mass is 19.4. The van der Waals surface area contributed by atoms with E-state index >= 15 is 0 Å². The van der Waals surface area contributed by atoms with Crippen LogP contribution < -0.4 is 0 Å². The maximum atomic E-state index is 12.6. The lowest BCUT2D eigenvalue weighted by atomic mass is 10.1. The van der Waals surface area contributed by atoms with Crippen LogP contribution in [-0.4, -0.2) is 17.4 Å². The van der Waals surface area contributed by atoms with Crippen molar-refractivity contribution in [3.05, 3.63) is 70.8 Å². The Morgan fingerprint density at radius 1 is 1.00 bits per heavy atom. The SMILES string of the molecule is CCN(Cc1ccc(C(F)(F)F)cc1)C(=O)c1ccc(C)cc1. The van der Waals surface area contributed by atoms with Crippen molar-refractivity contribution in [1.82, 2.24) is 4.90 Å². The first kappa shape index (κ1) is 17.1. The fourth-order valence-corrected chi connectivity index (χ4v) is 2.23. The van der Waals surface area contributed by atoms with Gasteiger partial charge in [-0.25, -0.2) is 0 Å². The number of aryl methyl sites for hydroxylation is 1. The van der Waals surface area contributed by atoms with E-state index in [2.05, 4.69) is 0 Å². The van der Waals surface area contributed by atoms with E-state index in [4.69, 9.17) is 0 Å². The first-order chi connectivity index (χ1) is 10.8. The van der Waals surface area contributed by atoms with Gasteiger partial charge in [-0.3, -0.25) is 4.79 Å². The molecule has 0 saturated carbocycles. The van der Waals surface area contributed by atoms with Crippen LogP contribution in [0.2, 0.25) is 0 Å². The molecule has 0 atom stereocenters. The molecule has 2 aromatic rings. The maximum Gasteiger partial charge on any atom is 0.416 e. The summed E-state index contributed by atoms with van der Waals surface area (Å²) in [6.07, 6.45) is -4.35. The van der Waals surface area contributed by atoms with Crippen molar-refractivity contribution in [3.63, 3.8) is 0 Å². The average Bonchev–Trinajstić information content (AvgIpc) is 2.52. The summed E-state index contributed by atoms with van der Waals surface area (Å²) >= 11 is 0. The van der Waals surface area contributed by atoms with Crippen molar-refractivity contribution in [1.29, 1.82) is 0 Å². The predicted molar refractivity (Wildman–Crippen MR) is 83.0 cm³/mol. The number of carbonyl (C=O) groups is 1. The number of amides is 1. The molecule has 0 unspecified atom stereocenters. The van der Waals surface area contributed by atoms with Crippen molar-refractivity contribution in [2.24, 2.45) is 0 Å². The second-order valence-electron chi connectivity index (χ2n) is 5.38. The van der Waals surface area contributed by atoms with Crippen molar-refractivity contribution in [3.8, 4) is 0 Å². The van der Waals surface area contributed by atoms with Gasteiger partial charge in [-0.1, -0.05) is 29.8 Å². The van der Waals surface area contributed by atoms with Gasteiger partial charge < -0.3 is 4.90 Å². The molecule has 0 radical (unpaired) electrons. The lowest BCUT2D eigenvalue weighted by Gasteiger charge is -2.21. The van der Waals surface area contributed by atoms with Crippen LogP contribution in [0.1, 0.15) is 34.0 Å². The van der Waals surface area contributed by atoms with Gasteiger partial charge in [0, 0.05) is 18.7 Å². The summed E-state index contributed by atoms with van der Waals surface area (Å²) in [6.45, 7) is 4.54. The Balaban J connectivity index is 2.12. The van der Waals surface area contributed by atoms with Crippen LogP contribution >= 0.6 is 0 Å². The first-order valence-corrected chi connectivity index (χ1v) is 7.33. The molecule has 2 rings (SSSR count). The number of alkyl halides is 3. The van der Waals surface area contributed by atoms with Gasteiger partial charge in [-0.05, 0) is 43.7 Å². The number of nitrogens with zero attached hydrogens (tertiary/aromatic N) is 1. The van der Waals surface area contributed by atoms with E-state index < -0.39 is 11.7 Å². The summed E-state index contributed by atoms with van der Waals surface area (Å²) in [7, 11) is 0. The van der Waals surface area contributed by atoms with Crippen LogP contribution in [0.25, 0.3) is 0 Å². The Morgan fingerprint density at radius 3 is 2.04 bits per heavy atom. The number of carbonyl (C=O) groups excluding carboxylic acids is 1. The highest BCUT2D eigenvalue weighted by molar-refractivity contribution is 5.94. The van der Waals surface area contributed by atoms with Crippen LogP contribution in [0.4, 0.5) is 13.2 Å². The second kappa shape index (κ2) is 6.86. The number of rotatable bonds is 4. The lowest BCUT2D eigenvalue weighted by Crippen LogP contribution is -2.30. The Labute approximate surface area is 133 Å². The van der Waals surface area contributed by atoms with E-state index in [1.807, 2.05) is 26.0 Å². The molecule has 122 valence electrons. The molecular weight excluding hydrogens is 303 g/mol. The first-order valence-electron chi connectivity index (χ1n) is 7.33. The minimum atomic E-state index is -4.35. The smallest absolute Gasteiger partial charge is 0.335 e. The summed E-state index contributed by atoms with van der Waals surface area (Å²) < 4.78 is 37.7. The molecule has 0 aliphatic rings. The molecule has 0 aliphatic carbocycles. The Morgan fingerprint density at radius 2 is 1.57 bits per heavy atom. The zero-order chi connectivity index (χ0) is 17.0. The van der Waals surface area contributed by atoms with E-state index in [0.717, 1.165) is 17.7 Å². The molecule has 0 aromatic heterocycles. The van der Waals surface area contributed by atoms with Gasteiger partial charge in [-0.2, -0.15) is 13.2 Å². The fourth-order valence-electron chi connectivity index (χ4n) is 2.23. The van der Waals surface area contributed by atoms with Crippen LogP contribution in [-0.2, 0) is 12.7 Å². The molecule has 0 aliphatic heterocycles. The van der Waals surface area contributed by atoms with E-state index in [-0.39, 0.29) is 12.5 Å². The summed E-state index contributed by atoms with van der Waals surface area (Å²) in [5.41, 5.74) is 1.62. The number of benzene rings is 2. The number of hydrogen-bond acceptors (Lipinski definition) is 1. The Hall–Kier alpha value is -2.30. The Bertz CT molecular complexity index is 660. The normalized spacial score (nSPS) is 11.3. The van der Waals surface area contributed by atoms with Gasteiger partial charge in [-0.15, -0.1) is 0 Å². The summed E-state index contributed by atoms with van der Waals surface area (Å²) in [6, 6.07) is 12.1. The van der Waals surface area contributed by atoms with E-state index in [9.17, 15) is 18.0 Å². The third kappa shape index (κ3) is 4.34. The molecule has 0 heterocycles. The molecule has 23 heavy (non-hydrogen) atoms. The van der Waals surface area contributed by atoms with E-state index in [1.54, 1.807) is 17.0 Å². The van der Waals surface area contributed by atoms with Crippen LogP contribution in [0.5, 0.6) is 0 Å². The summed E-state index contributed by atoms with van der Waals surface area (Å²) in [5, 5.41) is 0. The summed E-state index contributed by atoms with van der Waals surface area (Å²) in [4.78, 5) is 14.1. The minimum absolute atomic E-state index is 0.132. The van der Waals surface area contributed by atoms with Crippen molar-refractivity contribution >= 4 is 5.91 Å². The van der Waals surface area contributed by atoms with Gasteiger partial charge in [0.15, 0.2) is 0 Å². The van der Waals surface area contributed by atoms with E-state index in [0.29, 0.717) is 17.7 Å². The van der Waals surface area contributed by atoms with Gasteiger partial charge in [0.05, 0.1) is 5.56 Å². The molecule has 1 amide bonds. The quantitative estimate of drug-likeness (QED) is 0.801. The highest BCUT2D eigenvalue weighted by Crippen LogP contribution is 2.29. The van der Waals surface area contributed by atoms with Gasteiger partial charge in [0.2, 0.25) is 0 Å². The second-order valence-corrected chi connectivity index (χ2v) is 5.38. The highest BCUT2D eigenvalue weighted by Gasteiger charge is 2.30. The zero-order valence-corrected chi connectivity index (χ0v) is 13.0. The van der Waals surface area contributed by atoms with Crippen molar-refractivity contribution in [2.45, 2.75) is 26.6 Å². The van der Waals surface area contributed by atoms with Gasteiger partial charge in [0.1, 0.15) is 0 Å². The van der Waals surface area contributed by atoms with E-state index in [1.165, 1.54) is 12.1 Å². The molecule has 0 fully saturated rings. The third-order valence-electron chi connectivity index (χ3n) is 3.62. The molecule has 2 aromatic carbocycles. The van der Waals surface area contributed by atoms with Crippen molar-refractivity contribution < 1.29 is 18.0 Å². The van der Waals surface area contributed by atoms with Gasteiger partial charge in [0.25, 0.3) is 5.91 Å². The predicted octanol–water partition coefficient (Wildman–Crippen LogP) is 4.68. The Kier molecular flexibility index (Phi) is 5.08. The topological polar surface area (TPSA) is 20.3 Å². The number of halogens is 3. The van der Waals surface area contributed by atoms with Gasteiger partial charge >= 0.3 is 6.18 Å². The minimum Gasteiger partial charge on any atom is -0.335 e. The fraction of sp³-hybridized carbons (Fsp3) is 0.278. The van der Waals surface area contributed by atoms with Crippen LogP contribution in [0.3, 0.4) is 0 Å². The standard InChI is InChI=1S/C18H18F3NO/c1-3-22(17(23)15-8-4-13(2)5-9-15)12-14-6-10-16(11-7-14)18(19,20)21/h4-11H,3,12H2,1-2H3. The molecule has 0 bridgehead atoms. The summed E-state index contributed by atoms with van der Waals surface area (Å²) in [5.74, 6) is -0.132. The lowest BCUT2D eigenvalue weighted by molar-refractivity contribution is -0.137. The molecule has 0 saturated heterocycles. The number of hydrogen-bond donors (Lipinski definition) is 0. The molecule has 0 N–H and O–H groups in total. The van der Waals surface area contributed by atoms with Crippen LogP contribution in [0.15, 0.2) is 48.5 Å². The molecule has 5 heteroatoms. The van der Waals surface area contributed by atoms with Crippen molar-refractivity contribution in [2.75, 3.05) is 6.54 Å². The largest absolute Gasteiger partial charge is 0.416 e. The monoisotopic (exact) mass is 321 g/mol. The molecule has 2 nitrogen and oxygen atoms in total. The maximum absolute atomic E-state index is 12.6. The average molecular weight is 321 g/mol. The van der Waals surface area contributed by atoms with Crippen LogP contribution in [0, 0.1) is 6.92 Å². The molecule has 0 spiro atoms. The molecular formula is C18H18F3NO. The third-order valence-corrected chi connectivity index (χ3v) is 3.62. The zero-order valence-electron chi connectivity index (χ0n) is 13.0.